The smallest absolute Gasteiger partial charge is 0.256 e. The highest BCUT2D eigenvalue weighted by Gasteiger charge is 2.24. The molecule has 2 heterocycles. The summed E-state index contributed by atoms with van der Waals surface area (Å²) < 4.78 is 0. The summed E-state index contributed by atoms with van der Waals surface area (Å²) in [5.41, 5.74) is 6.33. The average Bonchev–Trinajstić information content (AvgIpc) is 3.00. The Kier molecular flexibility index (Phi) is 4.92. The Morgan fingerprint density at radius 3 is 2.60 bits per heavy atom. The first-order valence-electron chi connectivity index (χ1n) is 10.9. The predicted molar refractivity (Wildman–Crippen MR) is 119 cm³/mol. The second-order valence-electron chi connectivity index (χ2n) is 8.31. The normalized spacial score (nSPS) is 16.8. The number of benzene rings is 2. The molecule has 1 saturated heterocycles. The molecule has 30 heavy (non-hydrogen) atoms. The van der Waals surface area contributed by atoms with Crippen LogP contribution in [0.2, 0.25) is 0 Å². The van der Waals surface area contributed by atoms with Gasteiger partial charge in [-0.2, -0.15) is 5.26 Å². The van der Waals surface area contributed by atoms with Crippen molar-refractivity contribution in [2.24, 2.45) is 0 Å². The van der Waals surface area contributed by atoms with Gasteiger partial charge >= 0.3 is 0 Å². The van der Waals surface area contributed by atoms with E-state index in [9.17, 15) is 4.79 Å². The maximum Gasteiger partial charge on any atom is 0.256 e. The maximum atomic E-state index is 13.5. The van der Waals surface area contributed by atoms with Crippen molar-refractivity contribution in [3.63, 3.8) is 0 Å². The number of amides is 1. The van der Waals surface area contributed by atoms with E-state index in [1.54, 1.807) is 0 Å². The standard InChI is InChI=1S/C25H26N4O/c26-17-18-9-11-19(12-10-18)28-13-4-14-29(16-15-28)25(30)22-7-3-6-21-20-5-1-2-8-23(20)27-24(21)22/h3,6-7,9-12,27H,1-2,4-5,8,13-16H2. The Hall–Kier alpha value is -3.26. The lowest BCUT2D eigenvalue weighted by Gasteiger charge is -2.24. The summed E-state index contributed by atoms with van der Waals surface area (Å²) in [6.45, 7) is 3.18. The molecule has 2 aromatic carbocycles. The Balaban J connectivity index is 1.37. The fourth-order valence-electron chi connectivity index (χ4n) is 4.90. The van der Waals surface area contributed by atoms with Crippen molar-refractivity contribution in [1.29, 1.82) is 5.26 Å². The zero-order chi connectivity index (χ0) is 20.5. The molecule has 0 spiro atoms. The molecule has 0 unspecified atom stereocenters. The topological polar surface area (TPSA) is 63.1 Å². The van der Waals surface area contributed by atoms with Crippen molar-refractivity contribution in [2.45, 2.75) is 32.1 Å². The minimum Gasteiger partial charge on any atom is -0.370 e. The van der Waals surface area contributed by atoms with Crippen LogP contribution < -0.4 is 4.90 Å². The van der Waals surface area contributed by atoms with E-state index in [1.807, 2.05) is 41.3 Å². The third-order valence-electron chi connectivity index (χ3n) is 6.51. The minimum atomic E-state index is 0.126. The van der Waals surface area contributed by atoms with Crippen LogP contribution in [-0.4, -0.2) is 42.0 Å². The summed E-state index contributed by atoms with van der Waals surface area (Å²) in [6, 6.07) is 16.0. The second-order valence-corrected chi connectivity index (χ2v) is 8.31. The SMILES string of the molecule is N#Cc1ccc(N2CCCN(C(=O)c3cccc4c5c([nH]c34)CCCC5)CC2)cc1. The van der Waals surface area contributed by atoms with E-state index in [1.165, 1.54) is 29.5 Å². The highest BCUT2D eigenvalue weighted by Crippen LogP contribution is 2.31. The molecule has 1 aliphatic carbocycles. The van der Waals surface area contributed by atoms with Crippen molar-refractivity contribution in [3.05, 3.63) is 64.8 Å². The lowest BCUT2D eigenvalue weighted by molar-refractivity contribution is 0.0769. The number of hydrogen-bond acceptors (Lipinski definition) is 3. The van der Waals surface area contributed by atoms with Gasteiger partial charge in [-0.15, -0.1) is 0 Å². The van der Waals surface area contributed by atoms with Gasteiger partial charge in [0.1, 0.15) is 0 Å². The molecular weight excluding hydrogens is 372 g/mol. The van der Waals surface area contributed by atoms with Gasteiger partial charge in [0.2, 0.25) is 0 Å². The zero-order valence-corrected chi connectivity index (χ0v) is 17.2. The Morgan fingerprint density at radius 1 is 0.933 bits per heavy atom. The van der Waals surface area contributed by atoms with Crippen molar-refractivity contribution in [3.8, 4) is 6.07 Å². The lowest BCUT2D eigenvalue weighted by atomic mass is 9.95. The predicted octanol–water partition coefficient (Wildman–Crippen LogP) is 4.27. The first kappa shape index (κ1) is 18.7. The number of nitrogens with one attached hydrogen (secondary N) is 1. The molecule has 5 nitrogen and oxygen atoms in total. The van der Waals surface area contributed by atoms with Gasteiger partial charge < -0.3 is 14.8 Å². The van der Waals surface area contributed by atoms with E-state index >= 15 is 0 Å². The molecule has 1 N–H and O–H groups in total. The molecule has 1 fully saturated rings. The molecular formula is C25H26N4O. The van der Waals surface area contributed by atoms with E-state index in [2.05, 4.69) is 22.0 Å². The van der Waals surface area contributed by atoms with Crippen LogP contribution >= 0.6 is 0 Å². The number of anilines is 1. The number of aryl methyl sites for hydroxylation is 2. The fraction of sp³-hybridized carbons (Fsp3) is 0.360. The monoisotopic (exact) mass is 398 g/mol. The van der Waals surface area contributed by atoms with Crippen LogP contribution in [-0.2, 0) is 12.8 Å². The van der Waals surface area contributed by atoms with Gasteiger partial charge in [0.05, 0.1) is 22.7 Å². The second kappa shape index (κ2) is 7.87. The van der Waals surface area contributed by atoms with Crippen LogP contribution in [0.1, 0.15) is 46.4 Å². The molecule has 3 aromatic rings. The largest absolute Gasteiger partial charge is 0.370 e. The lowest BCUT2D eigenvalue weighted by Crippen LogP contribution is -2.35. The number of carbonyl (C=O) groups is 1. The Morgan fingerprint density at radius 2 is 1.77 bits per heavy atom. The summed E-state index contributed by atoms with van der Waals surface area (Å²) >= 11 is 0. The van der Waals surface area contributed by atoms with Crippen LogP contribution in [0.4, 0.5) is 5.69 Å². The molecule has 1 amide bonds. The van der Waals surface area contributed by atoms with Crippen LogP contribution in [0.3, 0.4) is 0 Å². The van der Waals surface area contributed by atoms with E-state index in [0.29, 0.717) is 12.1 Å². The molecule has 2 aliphatic rings. The molecule has 0 radical (unpaired) electrons. The number of rotatable bonds is 2. The number of fused-ring (bicyclic) bond motifs is 3. The van der Waals surface area contributed by atoms with Gasteiger partial charge in [0, 0.05) is 42.9 Å². The summed E-state index contributed by atoms with van der Waals surface area (Å²) in [4.78, 5) is 21.3. The number of para-hydroxylation sites is 1. The van der Waals surface area contributed by atoms with Crippen molar-refractivity contribution in [1.82, 2.24) is 9.88 Å². The van der Waals surface area contributed by atoms with Gasteiger partial charge in [-0.05, 0) is 68.0 Å². The quantitative estimate of drug-likeness (QED) is 0.701. The highest BCUT2D eigenvalue weighted by molar-refractivity contribution is 6.06. The van der Waals surface area contributed by atoms with Crippen LogP contribution in [0, 0.1) is 11.3 Å². The van der Waals surface area contributed by atoms with Crippen molar-refractivity contribution >= 4 is 22.5 Å². The third kappa shape index (κ3) is 3.33. The molecule has 1 aliphatic heterocycles. The van der Waals surface area contributed by atoms with E-state index < -0.39 is 0 Å². The zero-order valence-electron chi connectivity index (χ0n) is 17.2. The summed E-state index contributed by atoms with van der Waals surface area (Å²) in [6.07, 6.45) is 5.58. The number of aromatic nitrogens is 1. The Labute approximate surface area is 176 Å². The molecule has 0 atom stereocenters. The number of carbonyl (C=O) groups excluding carboxylic acids is 1. The molecule has 5 rings (SSSR count). The summed E-state index contributed by atoms with van der Waals surface area (Å²) in [7, 11) is 0. The van der Waals surface area contributed by atoms with Gasteiger partial charge in [-0.1, -0.05) is 12.1 Å². The van der Waals surface area contributed by atoms with Gasteiger partial charge in [0.25, 0.3) is 5.91 Å². The summed E-state index contributed by atoms with van der Waals surface area (Å²) in [5.74, 6) is 0.126. The minimum absolute atomic E-state index is 0.126. The van der Waals surface area contributed by atoms with Gasteiger partial charge in [0.15, 0.2) is 0 Å². The number of hydrogen-bond donors (Lipinski definition) is 1. The van der Waals surface area contributed by atoms with Crippen LogP contribution in [0.5, 0.6) is 0 Å². The number of H-pyrrole nitrogens is 1. The fourth-order valence-corrected chi connectivity index (χ4v) is 4.90. The van der Waals surface area contributed by atoms with Crippen LogP contribution in [0.25, 0.3) is 10.9 Å². The third-order valence-corrected chi connectivity index (χ3v) is 6.51. The highest BCUT2D eigenvalue weighted by atomic mass is 16.2. The molecule has 0 saturated carbocycles. The number of nitriles is 1. The Bertz CT molecular complexity index is 1120. The first-order chi connectivity index (χ1) is 14.7. The van der Waals surface area contributed by atoms with Crippen LogP contribution in [0.15, 0.2) is 42.5 Å². The molecule has 152 valence electrons. The van der Waals surface area contributed by atoms with E-state index in [-0.39, 0.29) is 5.91 Å². The molecule has 1 aromatic heterocycles. The van der Waals surface area contributed by atoms with Crippen molar-refractivity contribution < 1.29 is 4.79 Å². The van der Waals surface area contributed by atoms with E-state index in [4.69, 9.17) is 5.26 Å². The van der Waals surface area contributed by atoms with Gasteiger partial charge in [-0.3, -0.25) is 4.79 Å². The number of aromatic amines is 1. The average molecular weight is 399 g/mol. The summed E-state index contributed by atoms with van der Waals surface area (Å²) in [5, 5.41) is 10.2. The number of nitrogens with zero attached hydrogens (tertiary/aromatic N) is 3. The molecule has 0 bridgehead atoms. The maximum absolute atomic E-state index is 13.5. The van der Waals surface area contributed by atoms with E-state index in [0.717, 1.165) is 55.7 Å². The molecule has 5 heteroatoms. The van der Waals surface area contributed by atoms with Crippen molar-refractivity contribution in [2.75, 3.05) is 31.1 Å². The van der Waals surface area contributed by atoms with Gasteiger partial charge in [-0.25, -0.2) is 0 Å². The first-order valence-corrected chi connectivity index (χ1v) is 10.9.